The summed E-state index contributed by atoms with van der Waals surface area (Å²) in [5, 5.41) is 33.1. The number of aliphatic hydroxyl groups is 2. The maximum atomic E-state index is 12.5. The van der Waals surface area contributed by atoms with E-state index in [0.29, 0.717) is 61.6 Å². The van der Waals surface area contributed by atoms with Crippen LogP contribution in [0.15, 0.2) is 60.7 Å². The predicted molar refractivity (Wildman–Crippen MR) is 208 cm³/mol. The lowest BCUT2D eigenvalue weighted by molar-refractivity contribution is -0.763. The second-order valence-corrected chi connectivity index (χ2v) is 14.0. The highest BCUT2D eigenvalue weighted by molar-refractivity contribution is 5.87. The number of hydrogen-bond donors (Lipinski definition) is 3. The van der Waals surface area contributed by atoms with Gasteiger partial charge in [0, 0.05) is 25.3 Å². The summed E-state index contributed by atoms with van der Waals surface area (Å²) in [5.41, 5.74) is 1.86. The minimum absolute atomic E-state index is 0.00464. The number of unbranched alkanes of at least 4 members (excludes halogenated alkanes) is 5. The first-order valence-electron chi connectivity index (χ1n) is 19.4. The van der Waals surface area contributed by atoms with E-state index in [1.807, 2.05) is 12.2 Å². The Hall–Kier alpha value is -5.08. The van der Waals surface area contributed by atoms with E-state index in [2.05, 4.69) is 17.1 Å². The van der Waals surface area contributed by atoms with E-state index in [0.717, 1.165) is 19.3 Å². The summed E-state index contributed by atoms with van der Waals surface area (Å²) in [7, 11) is 1.40. The molecular weight excluding hydrogens is 724 g/mol. The van der Waals surface area contributed by atoms with Gasteiger partial charge in [-0.25, -0.2) is 9.59 Å². The third-order valence-electron chi connectivity index (χ3n) is 9.68. The number of esters is 2. The third kappa shape index (κ3) is 17.2. The van der Waals surface area contributed by atoms with Crippen LogP contribution in [0.3, 0.4) is 0 Å². The second-order valence-electron chi connectivity index (χ2n) is 14.0. The lowest BCUT2D eigenvalue weighted by Crippen LogP contribution is -2.31. The number of benzene rings is 2. The van der Waals surface area contributed by atoms with Crippen molar-refractivity contribution in [3.63, 3.8) is 0 Å². The highest BCUT2D eigenvalue weighted by Gasteiger charge is 2.40. The largest absolute Gasteiger partial charge is 0.493 e. The van der Waals surface area contributed by atoms with Gasteiger partial charge in [-0.05, 0) is 85.3 Å². The molecule has 3 rings (SSSR count). The molecular formula is C42H56N2O12. The van der Waals surface area contributed by atoms with Gasteiger partial charge in [0.1, 0.15) is 25.5 Å². The molecule has 56 heavy (non-hydrogen) atoms. The molecule has 0 aromatic heterocycles. The first kappa shape index (κ1) is 45.3. The molecule has 1 amide bonds. The monoisotopic (exact) mass is 780 g/mol. The van der Waals surface area contributed by atoms with Crippen molar-refractivity contribution in [2.75, 3.05) is 13.7 Å². The summed E-state index contributed by atoms with van der Waals surface area (Å²) in [6, 6.07) is 11.3. The standard InChI is InChI=1S/C42H56N2O12/c1-3-4-5-6-9-12-33(45)21-22-35-34(36(46)26-37(35)47)13-10-7-8-11-14-40(48)43-27-42(50)56-38-23-19-30(25-39(38)53-2)20-24-41(49)54-28-31-15-17-32(18-16-31)29-55-44(51)52/h7,10,15-20,23-25,34-37,46-47H,3-6,8-9,11-14,21-22,26-29H2,1-2H3,(H,43,48)/b10-7-,24-20+/t34-,35-,36+,37-/m1/s1. The van der Waals surface area contributed by atoms with Gasteiger partial charge < -0.3 is 34.6 Å². The molecule has 0 radical (unpaired) electrons. The number of ether oxygens (including phenoxy) is 3. The van der Waals surface area contributed by atoms with E-state index in [4.69, 9.17) is 14.2 Å². The number of rotatable bonds is 26. The molecule has 14 heteroatoms. The third-order valence-corrected chi connectivity index (χ3v) is 9.68. The summed E-state index contributed by atoms with van der Waals surface area (Å²) in [6.45, 7) is 1.64. The molecule has 0 saturated heterocycles. The molecule has 2 aromatic rings. The van der Waals surface area contributed by atoms with Crippen LogP contribution in [-0.2, 0) is 42.0 Å². The van der Waals surface area contributed by atoms with Crippen LogP contribution in [0.25, 0.3) is 6.08 Å². The Morgan fingerprint density at radius 2 is 1.59 bits per heavy atom. The first-order valence-corrected chi connectivity index (χ1v) is 19.4. The molecule has 4 atom stereocenters. The summed E-state index contributed by atoms with van der Waals surface area (Å²) in [5.74, 6) is -1.24. The zero-order valence-corrected chi connectivity index (χ0v) is 32.4. The normalized spacial score (nSPS) is 17.9. The van der Waals surface area contributed by atoms with Crippen LogP contribution in [0.4, 0.5) is 0 Å². The number of hydrogen-bond acceptors (Lipinski definition) is 12. The number of ketones is 1. The van der Waals surface area contributed by atoms with Crippen LogP contribution in [0.5, 0.6) is 11.5 Å². The molecule has 0 aliphatic heterocycles. The van der Waals surface area contributed by atoms with Crippen molar-refractivity contribution in [2.24, 2.45) is 11.8 Å². The van der Waals surface area contributed by atoms with Crippen LogP contribution in [0, 0.1) is 22.0 Å². The van der Waals surface area contributed by atoms with Crippen molar-refractivity contribution >= 4 is 29.7 Å². The van der Waals surface area contributed by atoms with Gasteiger partial charge in [-0.15, -0.1) is 10.1 Å². The zero-order chi connectivity index (χ0) is 40.7. The van der Waals surface area contributed by atoms with Crippen molar-refractivity contribution in [1.82, 2.24) is 5.32 Å². The van der Waals surface area contributed by atoms with Gasteiger partial charge in [-0.1, -0.05) is 75.1 Å². The fourth-order valence-electron chi connectivity index (χ4n) is 6.55. The van der Waals surface area contributed by atoms with Gasteiger partial charge >= 0.3 is 11.9 Å². The number of aliphatic hydroxyl groups excluding tert-OH is 2. The lowest BCUT2D eigenvalue weighted by Gasteiger charge is -2.22. The Morgan fingerprint density at radius 3 is 2.30 bits per heavy atom. The van der Waals surface area contributed by atoms with Crippen molar-refractivity contribution in [1.29, 1.82) is 0 Å². The van der Waals surface area contributed by atoms with Crippen LogP contribution >= 0.6 is 0 Å². The minimum Gasteiger partial charge on any atom is -0.493 e. The van der Waals surface area contributed by atoms with Gasteiger partial charge in [0.25, 0.3) is 5.09 Å². The smallest absolute Gasteiger partial charge is 0.331 e. The minimum atomic E-state index is -0.871. The van der Waals surface area contributed by atoms with Gasteiger partial charge in [-0.3, -0.25) is 9.59 Å². The molecule has 1 aliphatic rings. The highest BCUT2D eigenvalue weighted by Crippen LogP contribution is 2.38. The van der Waals surface area contributed by atoms with Crippen molar-refractivity contribution in [3.8, 4) is 11.5 Å². The number of Topliss-reactive ketones (excluding diaryl/α,β-unsaturated/α-hetero) is 1. The fourth-order valence-corrected chi connectivity index (χ4v) is 6.55. The van der Waals surface area contributed by atoms with E-state index in [9.17, 15) is 39.5 Å². The van der Waals surface area contributed by atoms with E-state index in [1.54, 1.807) is 36.4 Å². The van der Waals surface area contributed by atoms with Crippen LogP contribution in [-0.4, -0.2) is 64.8 Å². The molecule has 306 valence electrons. The van der Waals surface area contributed by atoms with Crippen molar-refractivity contribution < 1.29 is 53.5 Å². The van der Waals surface area contributed by atoms with Crippen molar-refractivity contribution in [3.05, 3.63) is 87.5 Å². The quantitative estimate of drug-likeness (QED) is 0.0182. The predicted octanol–water partition coefficient (Wildman–Crippen LogP) is 6.37. The maximum absolute atomic E-state index is 12.5. The molecule has 1 saturated carbocycles. The first-order chi connectivity index (χ1) is 27.0. The number of carbonyl (C=O) groups excluding carboxylic acids is 4. The summed E-state index contributed by atoms with van der Waals surface area (Å²) < 4.78 is 16.0. The number of nitrogens with zero attached hydrogens (tertiary/aromatic N) is 1. The molecule has 0 unspecified atom stereocenters. The number of amides is 1. The van der Waals surface area contributed by atoms with Gasteiger partial charge in [0.05, 0.1) is 19.3 Å². The topological polar surface area (TPSA) is 201 Å². The fraction of sp³-hybridized carbons (Fsp3) is 0.524. The van der Waals surface area contributed by atoms with Crippen LogP contribution in [0.1, 0.15) is 107 Å². The average Bonchev–Trinajstić information content (AvgIpc) is 3.46. The zero-order valence-electron chi connectivity index (χ0n) is 32.4. The molecule has 3 N–H and O–H groups in total. The Bertz CT molecular complexity index is 1620. The second kappa shape index (κ2) is 25.2. The van der Waals surface area contributed by atoms with Crippen LogP contribution < -0.4 is 14.8 Å². The van der Waals surface area contributed by atoms with Crippen molar-refractivity contribution in [2.45, 2.75) is 116 Å². The van der Waals surface area contributed by atoms with E-state index < -0.39 is 29.2 Å². The lowest BCUT2D eigenvalue weighted by atomic mass is 9.86. The molecule has 0 bridgehead atoms. The van der Waals surface area contributed by atoms with Gasteiger partial charge in [0.2, 0.25) is 5.91 Å². The number of allylic oxidation sites excluding steroid dienone is 2. The molecule has 14 nitrogen and oxygen atoms in total. The maximum Gasteiger partial charge on any atom is 0.331 e. The van der Waals surface area contributed by atoms with Crippen LogP contribution in [0.2, 0.25) is 0 Å². The number of carbonyl (C=O) groups is 4. The Kier molecular flexibility index (Phi) is 20.4. The summed E-state index contributed by atoms with van der Waals surface area (Å²) in [6.07, 6.45) is 14.8. The Labute approximate surface area is 328 Å². The van der Waals surface area contributed by atoms with Gasteiger partial charge in [-0.2, -0.15) is 0 Å². The summed E-state index contributed by atoms with van der Waals surface area (Å²) in [4.78, 5) is 64.1. The Morgan fingerprint density at radius 1 is 0.875 bits per heavy atom. The van der Waals surface area contributed by atoms with E-state index in [-0.39, 0.29) is 61.2 Å². The highest BCUT2D eigenvalue weighted by atomic mass is 16.9. The molecule has 2 aromatic carbocycles. The average molecular weight is 781 g/mol. The molecule has 0 heterocycles. The SMILES string of the molecule is CCCCCCCC(=O)CC[C@@H]1[C@@H](C/C=C\CCCC(=O)NCC(=O)Oc2ccc(/C=C/C(=O)OCc3ccc(CO[N+](=O)[O-])cc3)cc2OC)[C@@H](O)C[C@H]1O. The number of methoxy groups -OCH3 is 1. The van der Waals surface area contributed by atoms with E-state index in [1.165, 1.54) is 38.2 Å². The number of nitrogens with one attached hydrogen (secondary N) is 1. The molecule has 1 aliphatic carbocycles. The summed E-state index contributed by atoms with van der Waals surface area (Å²) >= 11 is 0. The Balaban J connectivity index is 1.33. The molecule has 0 spiro atoms. The molecule has 1 fully saturated rings. The van der Waals surface area contributed by atoms with Gasteiger partial charge in [0.15, 0.2) is 11.5 Å². The van der Waals surface area contributed by atoms with E-state index >= 15 is 0 Å².